The highest BCUT2D eigenvalue weighted by Crippen LogP contribution is 2.73. The van der Waals surface area contributed by atoms with Gasteiger partial charge in [-0.05, 0) is 71.0 Å². The van der Waals surface area contributed by atoms with Crippen molar-refractivity contribution in [2.75, 3.05) is 4.90 Å². The van der Waals surface area contributed by atoms with E-state index >= 15 is 0 Å². The lowest BCUT2D eigenvalue weighted by Gasteiger charge is -2.49. The van der Waals surface area contributed by atoms with Gasteiger partial charge < -0.3 is 4.90 Å². The first-order chi connectivity index (χ1) is 22.5. The van der Waals surface area contributed by atoms with Gasteiger partial charge in [0.25, 0.3) is 0 Å². The third-order valence-electron chi connectivity index (χ3n) is 11.5. The molecule has 1 aromatic heterocycles. The van der Waals surface area contributed by atoms with E-state index in [0.717, 1.165) is 33.8 Å². The molecule has 0 bridgehead atoms. The van der Waals surface area contributed by atoms with E-state index in [1.165, 1.54) is 22.3 Å². The third kappa shape index (κ3) is 3.09. The fraction of sp³-hybridized carbons (Fsp3) is 0.238. The maximum atomic E-state index is 11.0. The fourth-order valence-electron chi connectivity index (χ4n) is 10.0. The lowest BCUT2D eigenvalue weighted by molar-refractivity contribution is 0.231. The van der Waals surface area contributed by atoms with E-state index in [2.05, 4.69) is 131 Å². The van der Waals surface area contributed by atoms with E-state index in [9.17, 15) is 15.8 Å². The van der Waals surface area contributed by atoms with Crippen molar-refractivity contribution < 1.29 is 0 Å². The SMILES string of the molecule is CC1(C)c2ccccc2N(c2c(C#N)c(C#N)c(C#N)c3c2C(C)(C)C2(c4ccccc4-c4ccccc42)C3(C)C)c2cccnc21. The highest BCUT2D eigenvalue weighted by Gasteiger charge is 2.69. The van der Waals surface area contributed by atoms with E-state index < -0.39 is 21.7 Å². The third-order valence-corrected chi connectivity index (χ3v) is 11.5. The summed E-state index contributed by atoms with van der Waals surface area (Å²) in [4.78, 5) is 7.08. The molecule has 1 spiro atoms. The molecule has 0 fully saturated rings. The van der Waals surface area contributed by atoms with Crippen LogP contribution in [0.25, 0.3) is 11.1 Å². The molecule has 0 N–H and O–H groups in total. The number of pyridine rings is 1. The Kier molecular flexibility index (Phi) is 5.62. The lowest BCUT2D eigenvalue weighted by atomic mass is 9.52. The molecule has 5 heteroatoms. The summed E-state index contributed by atoms with van der Waals surface area (Å²) in [7, 11) is 0. The van der Waals surface area contributed by atoms with E-state index in [4.69, 9.17) is 4.98 Å². The number of hydrogen-bond donors (Lipinski definition) is 0. The second kappa shape index (κ2) is 9.19. The van der Waals surface area contributed by atoms with Crippen LogP contribution in [-0.2, 0) is 21.7 Å². The summed E-state index contributed by atoms with van der Waals surface area (Å²) >= 11 is 0. The molecule has 1 aliphatic heterocycles. The van der Waals surface area contributed by atoms with Gasteiger partial charge in [-0.1, -0.05) is 94.4 Å². The van der Waals surface area contributed by atoms with Crippen molar-refractivity contribution in [1.82, 2.24) is 4.98 Å². The van der Waals surface area contributed by atoms with Crippen molar-refractivity contribution in [3.8, 4) is 29.3 Å². The standard InChI is InChI=1S/C42H33N5/c1-39(2)32-18-11-12-19-33(32)47(34-20-13-21-46-38(34)39)37-29(24-45)27(22-43)28(23-44)35-36(37)41(5,6)42(40(35,3)4)30-16-9-7-14-25(30)26-15-8-10-17-31(26)42/h7-21H,1-6H3. The number of nitrogens with zero attached hydrogens (tertiary/aromatic N) is 5. The van der Waals surface area contributed by atoms with Gasteiger partial charge in [-0.25, -0.2) is 0 Å². The topological polar surface area (TPSA) is 87.5 Å². The highest BCUT2D eigenvalue weighted by molar-refractivity contribution is 5.95. The molecule has 0 saturated heterocycles. The van der Waals surface area contributed by atoms with Crippen molar-refractivity contribution >= 4 is 17.1 Å². The zero-order chi connectivity index (χ0) is 33.1. The minimum atomic E-state index is -0.666. The van der Waals surface area contributed by atoms with Crippen molar-refractivity contribution in [3.63, 3.8) is 0 Å². The molecule has 8 rings (SSSR count). The van der Waals surface area contributed by atoms with Crippen molar-refractivity contribution in [2.24, 2.45) is 0 Å². The minimum absolute atomic E-state index is 0.122. The number of aromatic nitrogens is 1. The summed E-state index contributed by atoms with van der Waals surface area (Å²) in [5.41, 5.74) is 9.20. The number of fused-ring (bicyclic) bond motifs is 8. The highest BCUT2D eigenvalue weighted by atomic mass is 15.2. The van der Waals surface area contributed by atoms with Gasteiger partial charge in [0.15, 0.2) is 0 Å². The van der Waals surface area contributed by atoms with Crippen LogP contribution in [0, 0.1) is 34.0 Å². The van der Waals surface area contributed by atoms with Crippen LogP contribution in [0.15, 0.2) is 91.1 Å². The quantitative estimate of drug-likeness (QED) is 0.189. The number of rotatable bonds is 1. The Bertz CT molecular complexity index is 2240. The Hall–Kier alpha value is -5.70. The molecule has 0 saturated carbocycles. The van der Waals surface area contributed by atoms with Crippen molar-refractivity contribution in [2.45, 2.75) is 63.2 Å². The predicted molar refractivity (Wildman–Crippen MR) is 184 cm³/mol. The summed E-state index contributed by atoms with van der Waals surface area (Å²) in [6.45, 7) is 13.3. The molecule has 5 nitrogen and oxygen atoms in total. The van der Waals surface area contributed by atoms with Crippen LogP contribution in [0.4, 0.5) is 17.1 Å². The number of nitriles is 3. The molecule has 3 aliphatic rings. The van der Waals surface area contributed by atoms with Crippen LogP contribution in [-0.4, -0.2) is 4.98 Å². The number of anilines is 3. The molecule has 226 valence electrons. The molecule has 2 aliphatic carbocycles. The van der Waals surface area contributed by atoms with Crippen LogP contribution in [0.1, 0.15) is 91.7 Å². The molecular weight excluding hydrogens is 574 g/mol. The van der Waals surface area contributed by atoms with Gasteiger partial charge in [0.2, 0.25) is 0 Å². The van der Waals surface area contributed by atoms with Crippen LogP contribution >= 0.6 is 0 Å². The summed E-state index contributed by atoms with van der Waals surface area (Å²) in [6, 6.07) is 36.7. The normalized spacial score (nSPS) is 17.7. The van der Waals surface area contributed by atoms with E-state index in [-0.39, 0.29) is 16.7 Å². The molecule has 0 radical (unpaired) electrons. The first-order valence-corrected chi connectivity index (χ1v) is 16.0. The van der Waals surface area contributed by atoms with E-state index in [1.54, 1.807) is 0 Å². The van der Waals surface area contributed by atoms with Crippen LogP contribution in [0.5, 0.6) is 0 Å². The summed E-state index contributed by atoms with van der Waals surface area (Å²) in [6.07, 6.45) is 1.82. The summed E-state index contributed by atoms with van der Waals surface area (Å²) < 4.78 is 0. The molecule has 0 unspecified atom stereocenters. The Morgan fingerprint density at radius 3 is 1.66 bits per heavy atom. The fourth-order valence-corrected chi connectivity index (χ4v) is 10.0. The molecule has 5 aromatic rings. The molecule has 0 amide bonds. The van der Waals surface area contributed by atoms with Crippen LogP contribution in [0.3, 0.4) is 0 Å². The maximum Gasteiger partial charge on any atom is 0.103 e. The van der Waals surface area contributed by atoms with E-state index in [1.807, 2.05) is 24.4 Å². The van der Waals surface area contributed by atoms with E-state index in [0.29, 0.717) is 5.69 Å². The van der Waals surface area contributed by atoms with Gasteiger partial charge in [0, 0.05) is 27.9 Å². The molecule has 47 heavy (non-hydrogen) atoms. The average Bonchev–Trinajstić information content (AvgIpc) is 3.46. The minimum Gasteiger partial charge on any atom is -0.307 e. The average molecular weight is 608 g/mol. The number of para-hydroxylation sites is 1. The first-order valence-electron chi connectivity index (χ1n) is 16.0. The van der Waals surface area contributed by atoms with Gasteiger partial charge in [-0.15, -0.1) is 0 Å². The molecular formula is C42H33N5. The smallest absolute Gasteiger partial charge is 0.103 e. The van der Waals surface area contributed by atoms with Crippen LogP contribution in [0.2, 0.25) is 0 Å². The molecule has 4 aromatic carbocycles. The largest absolute Gasteiger partial charge is 0.307 e. The predicted octanol–water partition coefficient (Wildman–Crippen LogP) is 9.34. The number of benzene rings is 4. The van der Waals surface area contributed by atoms with Gasteiger partial charge in [0.05, 0.1) is 39.4 Å². The van der Waals surface area contributed by atoms with Crippen molar-refractivity contribution in [3.05, 3.63) is 141 Å². The van der Waals surface area contributed by atoms with Gasteiger partial charge >= 0.3 is 0 Å². The maximum absolute atomic E-state index is 11.0. The molecule has 0 atom stereocenters. The lowest BCUT2D eigenvalue weighted by Crippen LogP contribution is -2.51. The Labute approximate surface area is 276 Å². The number of hydrogen-bond acceptors (Lipinski definition) is 5. The van der Waals surface area contributed by atoms with Gasteiger partial charge in [0.1, 0.15) is 18.2 Å². The second-order valence-corrected chi connectivity index (χ2v) is 14.5. The Morgan fingerprint density at radius 2 is 1.06 bits per heavy atom. The molecule has 2 heterocycles. The zero-order valence-electron chi connectivity index (χ0n) is 27.4. The monoisotopic (exact) mass is 607 g/mol. The Balaban J connectivity index is 1.61. The summed E-state index contributed by atoms with van der Waals surface area (Å²) in [5.74, 6) is 0. The van der Waals surface area contributed by atoms with Gasteiger partial charge in [-0.3, -0.25) is 4.98 Å². The van der Waals surface area contributed by atoms with Crippen LogP contribution < -0.4 is 4.90 Å². The second-order valence-electron chi connectivity index (χ2n) is 14.5. The summed E-state index contributed by atoms with van der Waals surface area (Å²) in [5, 5.41) is 32.7. The Morgan fingerprint density at radius 1 is 0.553 bits per heavy atom. The van der Waals surface area contributed by atoms with Gasteiger partial charge in [-0.2, -0.15) is 15.8 Å². The van der Waals surface area contributed by atoms with Crippen molar-refractivity contribution in [1.29, 1.82) is 15.8 Å². The first kappa shape index (κ1) is 28.8. The zero-order valence-corrected chi connectivity index (χ0v) is 27.4.